The average molecular weight is 321 g/mol. The molecule has 110 valence electrons. The molecule has 1 heterocycles. The van der Waals surface area contributed by atoms with Crippen molar-refractivity contribution in [2.45, 2.75) is 42.2 Å². The smallest absolute Gasteiger partial charge is 0.223 e. The molecule has 0 amide bonds. The van der Waals surface area contributed by atoms with Gasteiger partial charge >= 0.3 is 0 Å². The Kier molecular flexibility index (Phi) is 4.60. The van der Waals surface area contributed by atoms with Crippen LogP contribution in [0.4, 0.5) is 5.95 Å². The highest BCUT2D eigenvalue weighted by atomic mass is 35.5. The highest BCUT2D eigenvalue weighted by Crippen LogP contribution is 2.32. The van der Waals surface area contributed by atoms with Gasteiger partial charge in [0, 0.05) is 15.8 Å². The highest BCUT2D eigenvalue weighted by Gasteiger charge is 2.21. The number of benzene rings is 1. The molecule has 21 heavy (non-hydrogen) atoms. The van der Waals surface area contributed by atoms with Crippen LogP contribution >= 0.6 is 23.4 Å². The number of aromatic nitrogens is 3. The van der Waals surface area contributed by atoms with Crippen molar-refractivity contribution in [1.82, 2.24) is 15.0 Å². The Morgan fingerprint density at radius 2 is 1.81 bits per heavy atom. The molecule has 0 bridgehead atoms. The van der Waals surface area contributed by atoms with Crippen LogP contribution in [0.25, 0.3) is 0 Å². The van der Waals surface area contributed by atoms with Crippen molar-refractivity contribution in [3.8, 4) is 0 Å². The molecule has 1 aromatic carbocycles. The normalized spacial score (nSPS) is 15.5. The van der Waals surface area contributed by atoms with Crippen molar-refractivity contribution < 1.29 is 0 Å². The Labute approximate surface area is 133 Å². The van der Waals surface area contributed by atoms with Crippen molar-refractivity contribution in [1.29, 1.82) is 0 Å². The van der Waals surface area contributed by atoms with Crippen LogP contribution in [0.5, 0.6) is 0 Å². The third kappa shape index (κ3) is 3.86. The van der Waals surface area contributed by atoms with Crippen LogP contribution in [0.15, 0.2) is 29.2 Å². The van der Waals surface area contributed by atoms with Crippen LogP contribution in [0.2, 0.25) is 5.02 Å². The first-order valence-electron chi connectivity index (χ1n) is 7.09. The Balaban J connectivity index is 1.71. The van der Waals surface area contributed by atoms with Gasteiger partial charge in [0.25, 0.3) is 0 Å². The van der Waals surface area contributed by atoms with E-state index in [1.165, 1.54) is 12.8 Å². The lowest BCUT2D eigenvalue weighted by Crippen LogP contribution is -2.09. The molecule has 2 N–H and O–H groups in total. The molecule has 2 aromatic rings. The molecule has 1 aromatic heterocycles. The van der Waals surface area contributed by atoms with Crippen LogP contribution in [0.1, 0.15) is 43.3 Å². The summed E-state index contributed by atoms with van der Waals surface area (Å²) in [5, 5.41) is 0.743. The van der Waals surface area contributed by atoms with Crippen LogP contribution < -0.4 is 5.73 Å². The number of nitrogens with zero attached hydrogens (tertiary/aromatic N) is 3. The van der Waals surface area contributed by atoms with Gasteiger partial charge in [0.1, 0.15) is 11.6 Å². The lowest BCUT2D eigenvalue weighted by atomic mass is 10.1. The number of hydrogen-bond donors (Lipinski definition) is 1. The number of hydrogen-bond acceptors (Lipinski definition) is 5. The van der Waals surface area contributed by atoms with Gasteiger partial charge in [0.2, 0.25) is 5.95 Å². The number of rotatable bonds is 4. The Hall–Kier alpha value is -1.33. The molecule has 0 atom stereocenters. The first-order valence-corrected chi connectivity index (χ1v) is 8.46. The Morgan fingerprint density at radius 1 is 1.10 bits per heavy atom. The zero-order chi connectivity index (χ0) is 14.7. The second-order valence-corrected chi connectivity index (χ2v) is 6.68. The maximum absolute atomic E-state index is 5.88. The standard InChI is InChI=1S/C15H17ClN4S/c16-11-5-7-12(8-6-11)21-9-13-18-14(20-15(17)19-13)10-3-1-2-4-10/h5-8,10H,1-4,9H2,(H2,17,18,19,20). The van der Waals surface area contributed by atoms with Crippen molar-refractivity contribution in [3.63, 3.8) is 0 Å². The summed E-state index contributed by atoms with van der Waals surface area (Å²) in [6, 6.07) is 7.76. The number of thioether (sulfide) groups is 1. The molecule has 0 unspecified atom stereocenters. The zero-order valence-electron chi connectivity index (χ0n) is 11.6. The molecule has 1 aliphatic rings. The maximum Gasteiger partial charge on any atom is 0.223 e. The van der Waals surface area contributed by atoms with Gasteiger partial charge < -0.3 is 5.73 Å². The van der Waals surface area contributed by atoms with Crippen molar-refractivity contribution in [2.75, 3.05) is 5.73 Å². The van der Waals surface area contributed by atoms with Gasteiger partial charge in [-0.3, -0.25) is 0 Å². The number of nitrogens with two attached hydrogens (primary N) is 1. The summed E-state index contributed by atoms with van der Waals surface area (Å²) in [4.78, 5) is 14.3. The van der Waals surface area contributed by atoms with Crippen LogP contribution in [-0.4, -0.2) is 15.0 Å². The summed E-state index contributed by atoms with van der Waals surface area (Å²) in [7, 11) is 0. The fourth-order valence-corrected chi connectivity index (χ4v) is 3.45. The largest absolute Gasteiger partial charge is 0.368 e. The van der Waals surface area contributed by atoms with Gasteiger partial charge in [0.15, 0.2) is 0 Å². The fraction of sp³-hybridized carbons (Fsp3) is 0.400. The quantitative estimate of drug-likeness (QED) is 0.861. The summed E-state index contributed by atoms with van der Waals surface area (Å²) in [6.07, 6.45) is 4.83. The van der Waals surface area contributed by atoms with E-state index >= 15 is 0 Å². The SMILES string of the molecule is Nc1nc(CSc2ccc(Cl)cc2)nc(C2CCCC2)n1. The lowest BCUT2D eigenvalue weighted by Gasteiger charge is -2.09. The van der Waals surface area contributed by atoms with Gasteiger partial charge in [-0.15, -0.1) is 11.8 Å². The first-order chi connectivity index (χ1) is 10.2. The minimum absolute atomic E-state index is 0.332. The predicted molar refractivity (Wildman–Crippen MR) is 86.5 cm³/mol. The van der Waals surface area contributed by atoms with Crippen LogP contribution in [0, 0.1) is 0 Å². The third-order valence-electron chi connectivity index (χ3n) is 3.62. The van der Waals surface area contributed by atoms with Gasteiger partial charge in [-0.1, -0.05) is 24.4 Å². The molecular weight excluding hydrogens is 304 g/mol. The van der Waals surface area contributed by atoms with Crippen molar-refractivity contribution >= 4 is 29.3 Å². The van der Waals surface area contributed by atoms with E-state index in [2.05, 4.69) is 15.0 Å². The first kappa shape index (κ1) is 14.6. The third-order valence-corrected chi connectivity index (χ3v) is 4.88. The molecular formula is C15H17ClN4S. The number of halogens is 1. The van der Waals surface area contributed by atoms with Crippen LogP contribution in [0.3, 0.4) is 0 Å². The molecule has 0 saturated heterocycles. The molecule has 1 fully saturated rings. The summed E-state index contributed by atoms with van der Waals surface area (Å²) in [5.41, 5.74) is 5.83. The Bertz CT molecular complexity index is 612. The van der Waals surface area contributed by atoms with E-state index in [0.717, 1.165) is 34.4 Å². The molecule has 0 radical (unpaired) electrons. The summed E-state index contributed by atoms with van der Waals surface area (Å²) in [6.45, 7) is 0. The van der Waals surface area contributed by atoms with Gasteiger partial charge in [0.05, 0.1) is 5.75 Å². The fourth-order valence-electron chi connectivity index (χ4n) is 2.57. The summed E-state index contributed by atoms with van der Waals surface area (Å²) >= 11 is 7.56. The number of nitrogen functional groups attached to an aromatic ring is 1. The molecule has 4 nitrogen and oxygen atoms in total. The number of anilines is 1. The van der Waals surface area contributed by atoms with Crippen molar-refractivity contribution in [3.05, 3.63) is 40.9 Å². The molecule has 1 aliphatic carbocycles. The minimum Gasteiger partial charge on any atom is -0.368 e. The molecule has 3 rings (SSSR count). The maximum atomic E-state index is 5.88. The highest BCUT2D eigenvalue weighted by molar-refractivity contribution is 7.98. The molecule has 6 heteroatoms. The minimum atomic E-state index is 0.332. The second kappa shape index (κ2) is 6.62. The monoisotopic (exact) mass is 320 g/mol. The van der Waals surface area contributed by atoms with Gasteiger partial charge in [-0.2, -0.15) is 9.97 Å². The van der Waals surface area contributed by atoms with E-state index in [4.69, 9.17) is 17.3 Å². The molecule has 0 spiro atoms. The summed E-state index contributed by atoms with van der Waals surface area (Å²) in [5.74, 6) is 3.10. The second-order valence-electron chi connectivity index (χ2n) is 5.19. The van der Waals surface area contributed by atoms with E-state index in [0.29, 0.717) is 17.6 Å². The Morgan fingerprint density at radius 3 is 2.52 bits per heavy atom. The van der Waals surface area contributed by atoms with Gasteiger partial charge in [-0.05, 0) is 37.1 Å². The van der Waals surface area contributed by atoms with E-state index in [9.17, 15) is 0 Å². The molecule has 0 aliphatic heterocycles. The lowest BCUT2D eigenvalue weighted by molar-refractivity contribution is 0.657. The van der Waals surface area contributed by atoms with Gasteiger partial charge in [-0.25, -0.2) is 4.98 Å². The van der Waals surface area contributed by atoms with E-state index in [1.807, 2.05) is 24.3 Å². The zero-order valence-corrected chi connectivity index (χ0v) is 13.2. The predicted octanol–water partition coefficient (Wildman–Crippen LogP) is 4.06. The van der Waals surface area contributed by atoms with E-state index in [1.54, 1.807) is 11.8 Å². The summed E-state index contributed by atoms with van der Waals surface area (Å²) < 4.78 is 0. The average Bonchev–Trinajstić information content (AvgIpc) is 3.00. The topological polar surface area (TPSA) is 64.7 Å². The van der Waals surface area contributed by atoms with Crippen molar-refractivity contribution in [2.24, 2.45) is 0 Å². The molecule has 1 saturated carbocycles. The van der Waals surface area contributed by atoms with E-state index in [-0.39, 0.29) is 0 Å². The van der Waals surface area contributed by atoms with E-state index < -0.39 is 0 Å². The van der Waals surface area contributed by atoms with Crippen LogP contribution in [-0.2, 0) is 5.75 Å².